The molecule has 0 spiro atoms. The number of amides is 1. The molecule has 1 rings (SSSR count). The van der Waals surface area contributed by atoms with Crippen molar-refractivity contribution in [3.05, 3.63) is 29.8 Å². The van der Waals surface area contributed by atoms with Crippen LogP contribution in [-0.4, -0.2) is 57.9 Å². The van der Waals surface area contributed by atoms with Crippen molar-refractivity contribution in [1.29, 1.82) is 0 Å². The summed E-state index contributed by atoms with van der Waals surface area (Å²) in [6, 6.07) is 6.27. The fourth-order valence-corrected chi connectivity index (χ4v) is 2.05. The fourth-order valence-electron chi connectivity index (χ4n) is 2.05. The number of carbonyl (C=O) groups is 2. The van der Waals surface area contributed by atoms with Crippen molar-refractivity contribution in [3.63, 3.8) is 0 Å². The van der Waals surface area contributed by atoms with Gasteiger partial charge < -0.3 is 29.0 Å². The third-order valence-electron chi connectivity index (χ3n) is 3.28. The van der Waals surface area contributed by atoms with Gasteiger partial charge in [0.05, 0.1) is 20.3 Å². The zero-order chi connectivity index (χ0) is 20.3. The Morgan fingerprint density at radius 3 is 2.30 bits per heavy atom. The minimum atomic E-state index is -0.853. The minimum absolute atomic E-state index is 0.119. The van der Waals surface area contributed by atoms with Crippen molar-refractivity contribution in [2.24, 2.45) is 0 Å². The largest absolute Gasteiger partial charge is 0.468 e. The van der Waals surface area contributed by atoms with Crippen molar-refractivity contribution in [2.75, 3.05) is 34.2 Å². The van der Waals surface area contributed by atoms with Crippen LogP contribution in [0.25, 0.3) is 0 Å². The fraction of sp³-hybridized carbons (Fsp3) is 0.579. The highest BCUT2D eigenvalue weighted by Gasteiger charge is 2.25. The average Bonchev–Trinajstić information content (AvgIpc) is 2.60. The van der Waals surface area contributed by atoms with Crippen LogP contribution in [-0.2, 0) is 30.2 Å². The average molecular weight is 383 g/mol. The molecule has 1 amide bonds. The second kappa shape index (κ2) is 11.4. The topological polar surface area (TPSA) is 92.3 Å². The normalized spacial score (nSPS) is 12.2. The Morgan fingerprint density at radius 2 is 1.74 bits per heavy atom. The molecule has 0 aromatic heterocycles. The number of rotatable bonds is 10. The number of hydrogen-bond acceptors (Lipinski definition) is 7. The lowest BCUT2D eigenvalue weighted by molar-refractivity contribution is -0.143. The molecule has 1 atom stereocenters. The van der Waals surface area contributed by atoms with Gasteiger partial charge >= 0.3 is 12.1 Å². The van der Waals surface area contributed by atoms with Crippen molar-refractivity contribution in [2.45, 2.75) is 38.8 Å². The van der Waals surface area contributed by atoms with Crippen molar-refractivity contribution >= 4 is 12.1 Å². The van der Waals surface area contributed by atoms with Crippen molar-refractivity contribution in [3.8, 4) is 5.75 Å². The summed E-state index contributed by atoms with van der Waals surface area (Å²) in [5.74, 6) is 0.0821. The van der Waals surface area contributed by atoms with E-state index in [1.54, 1.807) is 52.1 Å². The second-order valence-electron chi connectivity index (χ2n) is 6.73. The highest BCUT2D eigenvalue weighted by molar-refractivity contribution is 5.81. The third kappa shape index (κ3) is 9.81. The number of hydrogen-bond donors (Lipinski definition) is 1. The number of alkyl carbamates (subject to hydrolysis) is 1. The van der Waals surface area contributed by atoms with Crippen LogP contribution in [0.15, 0.2) is 24.3 Å². The number of methoxy groups -OCH3 is 2. The van der Waals surface area contributed by atoms with Crippen molar-refractivity contribution in [1.82, 2.24) is 5.32 Å². The smallest absolute Gasteiger partial charge is 0.408 e. The highest BCUT2D eigenvalue weighted by atomic mass is 16.7. The molecule has 0 bridgehead atoms. The maximum atomic E-state index is 12.0. The van der Waals surface area contributed by atoms with Crippen LogP contribution in [0.3, 0.4) is 0 Å². The molecule has 0 aliphatic carbocycles. The molecule has 0 aliphatic heterocycles. The van der Waals surface area contributed by atoms with Gasteiger partial charge in [-0.2, -0.15) is 0 Å². The summed E-state index contributed by atoms with van der Waals surface area (Å²) >= 11 is 0. The van der Waals surface area contributed by atoms with Crippen LogP contribution in [0, 0.1) is 0 Å². The van der Waals surface area contributed by atoms with Gasteiger partial charge in [-0.25, -0.2) is 9.59 Å². The van der Waals surface area contributed by atoms with Gasteiger partial charge in [0.25, 0.3) is 0 Å². The van der Waals surface area contributed by atoms with Gasteiger partial charge in [0.1, 0.15) is 17.4 Å². The van der Waals surface area contributed by atoms with E-state index in [-0.39, 0.29) is 13.2 Å². The first-order chi connectivity index (χ1) is 12.7. The van der Waals surface area contributed by atoms with E-state index in [9.17, 15) is 9.59 Å². The quantitative estimate of drug-likeness (QED) is 0.376. The Morgan fingerprint density at radius 1 is 1.07 bits per heavy atom. The van der Waals surface area contributed by atoms with Crippen LogP contribution in [0.1, 0.15) is 26.3 Å². The molecule has 0 saturated carbocycles. The summed E-state index contributed by atoms with van der Waals surface area (Å²) in [6.45, 7) is 6.31. The van der Waals surface area contributed by atoms with E-state index in [0.717, 1.165) is 5.56 Å². The Labute approximate surface area is 160 Å². The molecular formula is C19H29NO7. The monoisotopic (exact) mass is 383 g/mol. The lowest BCUT2D eigenvalue weighted by Gasteiger charge is -2.22. The van der Waals surface area contributed by atoms with Gasteiger partial charge in [-0.05, 0) is 38.5 Å². The molecule has 0 fully saturated rings. The summed E-state index contributed by atoms with van der Waals surface area (Å²) in [5.41, 5.74) is 0.170. The number of esters is 1. The standard InChI is InChI=1S/C19H29NO7/c1-19(2,3)27-18(22)20-16(17(21)24-5)12-14-6-8-15(9-7-14)26-13-25-11-10-23-4/h6-9,16H,10-13H2,1-5H3,(H,20,22)/t16-/m0/s1. The summed E-state index contributed by atoms with van der Waals surface area (Å²) in [5, 5.41) is 2.54. The Bertz CT molecular complexity index is 581. The molecule has 0 aliphatic rings. The van der Waals surface area contributed by atoms with Gasteiger partial charge in [0, 0.05) is 13.5 Å². The first-order valence-electron chi connectivity index (χ1n) is 8.61. The van der Waals surface area contributed by atoms with Gasteiger partial charge in [0.2, 0.25) is 0 Å². The number of benzene rings is 1. The molecule has 8 nitrogen and oxygen atoms in total. The van der Waals surface area contributed by atoms with Gasteiger partial charge in [-0.1, -0.05) is 12.1 Å². The lowest BCUT2D eigenvalue weighted by Crippen LogP contribution is -2.45. The van der Waals surface area contributed by atoms with Crippen LogP contribution in [0.5, 0.6) is 5.75 Å². The first-order valence-corrected chi connectivity index (χ1v) is 8.61. The van der Waals surface area contributed by atoms with E-state index in [1.807, 2.05) is 0 Å². The molecular weight excluding hydrogens is 354 g/mol. The van der Waals surface area contributed by atoms with Gasteiger partial charge in [-0.3, -0.25) is 0 Å². The molecule has 0 heterocycles. The predicted octanol–water partition coefficient (Wildman–Crippen LogP) is 2.29. The molecule has 0 unspecified atom stereocenters. The Hall–Kier alpha value is -2.32. The molecule has 152 valence electrons. The van der Waals surface area contributed by atoms with E-state index >= 15 is 0 Å². The molecule has 8 heteroatoms. The number of nitrogens with one attached hydrogen (secondary N) is 1. The van der Waals surface area contributed by atoms with Crippen LogP contribution >= 0.6 is 0 Å². The lowest BCUT2D eigenvalue weighted by atomic mass is 10.1. The maximum absolute atomic E-state index is 12.0. The Balaban J connectivity index is 2.59. The number of carbonyl (C=O) groups excluding carboxylic acids is 2. The second-order valence-corrected chi connectivity index (χ2v) is 6.73. The zero-order valence-electron chi connectivity index (χ0n) is 16.6. The van der Waals surface area contributed by atoms with E-state index < -0.39 is 23.7 Å². The summed E-state index contributed by atoms with van der Waals surface area (Å²) in [7, 11) is 2.87. The Kier molecular flexibility index (Phi) is 9.60. The molecule has 0 radical (unpaired) electrons. The summed E-state index contributed by atoms with van der Waals surface area (Å²) < 4.78 is 25.5. The van der Waals surface area contributed by atoms with Crippen LogP contribution in [0.2, 0.25) is 0 Å². The van der Waals surface area contributed by atoms with Gasteiger partial charge in [-0.15, -0.1) is 0 Å². The van der Waals surface area contributed by atoms with Crippen LogP contribution < -0.4 is 10.1 Å². The van der Waals surface area contributed by atoms with Crippen molar-refractivity contribution < 1.29 is 33.3 Å². The zero-order valence-corrected chi connectivity index (χ0v) is 16.6. The van der Waals surface area contributed by atoms with Gasteiger partial charge in [0.15, 0.2) is 6.79 Å². The van der Waals surface area contributed by atoms with E-state index in [1.165, 1.54) is 7.11 Å². The summed E-state index contributed by atoms with van der Waals surface area (Å²) in [6.07, 6.45) is -0.414. The van der Waals surface area contributed by atoms with Crippen LogP contribution in [0.4, 0.5) is 4.79 Å². The van der Waals surface area contributed by atoms with E-state index in [0.29, 0.717) is 19.0 Å². The number of ether oxygens (including phenoxy) is 5. The first kappa shape index (κ1) is 22.7. The third-order valence-corrected chi connectivity index (χ3v) is 3.28. The predicted molar refractivity (Wildman–Crippen MR) is 98.6 cm³/mol. The molecule has 0 saturated heterocycles. The minimum Gasteiger partial charge on any atom is -0.468 e. The molecule has 1 aromatic rings. The molecule has 1 aromatic carbocycles. The maximum Gasteiger partial charge on any atom is 0.408 e. The van der Waals surface area contributed by atoms with E-state index in [4.69, 9.17) is 23.7 Å². The SMILES string of the molecule is COCCOCOc1ccc(C[C@H](NC(=O)OC(C)(C)C)C(=O)OC)cc1. The summed E-state index contributed by atoms with van der Waals surface area (Å²) in [4.78, 5) is 23.9. The molecule has 27 heavy (non-hydrogen) atoms. The molecule has 1 N–H and O–H groups in total. The van der Waals surface area contributed by atoms with E-state index in [2.05, 4.69) is 5.32 Å². The highest BCUT2D eigenvalue weighted by Crippen LogP contribution is 2.14.